The van der Waals surface area contributed by atoms with Crippen LogP contribution in [0.2, 0.25) is 0 Å². The average molecular weight is 272 g/mol. The number of likely N-dealkylation sites (tertiary alicyclic amines) is 1. The maximum atomic E-state index is 12.0. The number of nitriles is 1. The first-order chi connectivity index (χ1) is 9.58. The van der Waals surface area contributed by atoms with Crippen molar-refractivity contribution in [1.82, 2.24) is 4.90 Å². The van der Waals surface area contributed by atoms with Gasteiger partial charge in [0.2, 0.25) is 5.91 Å². The summed E-state index contributed by atoms with van der Waals surface area (Å²) in [5, 5.41) is 18.4. The summed E-state index contributed by atoms with van der Waals surface area (Å²) in [4.78, 5) is 25.1. The van der Waals surface area contributed by atoms with Gasteiger partial charge in [-0.1, -0.05) is 12.1 Å². The second-order valence-electron chi connectivity index (χ2n) is 4.85. The second-order valence-corrected chi connectivity index (χ2v) is 4.85. The lowest BCUT2D eigenvalue weighted by molar-refractivity contribution is -0.151. The molecule has 2 unspecified atom stereocenters. The van der Waals surface area contributed by atoms with Gasteiger partial charge in [-0.15, -0.1) is 0 Å². The van der Waals surface area contributed by atoms with E-state index in [4.69, 9.17) is 5.26 Å². The minimum Gasteiger partial charge on any atom is -0.481 e. The van der Waals surface area contributed by atoms with Crippen molar-refractivity contribution >= 4 is 11.9 Å². The van der Waals surface area contributed by atoms with Crippen molar-refractivity contribution < 1.29 is 14.7 Å². The second kappa shape index (κ2) is 5.74. The fourth-order valence-corrected chi connectivity index (χ4v) is 2.79. The molecule has 1 aromatic rings. The van der Waals surface area contributed by atoms with E-state index in [-0.39, 0.29) is 12.3 Å². The molecule has 1 aliphatic heterocycles. The van der Waals surface area contributed by atoms with Crippen LogP contribution in [0.4, 0.5) is 0 Å². The monoisotopic (exact) mass is 272 g/mol. The van der Waals surface area contributed by atoms with E-state index in [0.29, 0.717) is 24.1 Å². The molecule has 0 aromatic heterocycles. The number of piperidine rings is 1. The predicted molar refractivity (Wildman–Crippen MR) is 71.6 cm³/mol. The van der Waals surface area contributed by atoms with Gasteiger partial charge in [0.1, 0.15) is 0 Å². The zero-order valence-electron chi connectivity index (χ0n) is 11.2. The zero-order chi connectivity index (χ0) is 14.7. The van der Waals surface area contributed by atoms with Gasteiger partial charge in [0, 0.05) is 13.0 Å². The minimum absolute atomic E-state index is 0.0302. The van der Waals surface area contributed by atoms with Crippen molar-refractivity contribution in [3.8, 4) is 6.07 Å². The van der Waals surface area contributed by atoms with Crippen LogP contribution in [0, 0.1) is 17.2 Å². The number of nitrogens with zero attached hydrogens (tertiary/aromatic N) is 2. The molecule has 20 heavy (non-hydrogen) atoms. The van der Waals surface area contributed by atoms with Gasteiger partial charge in [-0.25, -0.2) is 0 Å². The van der Waals surface area contributed by atoms with Gasteiger partial charge in [0.15, 0.2) is 0 Å². The Balaban J connectivity index is 2.47. The largest absolute Gasteiger partial charge is 0.481 e. The Kier molecular flexibility index (Phi) is 4.04. The third kappa shape index (κ3) is 2.50. The summed E-state index contributed by atoms with van der Waals surface area (Å²) in [6.45, 7) is 2.30. The lowest BCUT2D eigenvalue weighted by Gasteiger charge is -2.39. The predicted octanol–water partition coefficient (Wildman–Crippen LogP) is 1.94. The highest BCUT2D eigenvalue weighted by Crippen LogP contribution is 2.36. The molecule has 0 aliphatic carbocycles. The average Bonchev–Trinajstić information content (AvgIpc) is 2.46. The Hall–Kier alpha value is -2.35. The summed E-state index contributed by atoms with van der Waals surface area (Å²) in [5.74, 6) is -1.55. The minimum atomic E-state index is -0.900. The number of carboxylic acid groups (broad SMARTS) is 1. The number of amides is 1. The van der Waals surface area contributed by atoms with Crippen LogP contribution in [0.15, 0.2) is 24.3 Å². The summed E-state index contributed by atoms with van der Waals surface area (Å²) in [6, 6.07) is 8.39. The lowest BCUT2D eigenvalue weighted by Crippen LogP contribution is -2.45. The molecule has 1 heterocycles. The Bertz CT molecular complexity index is 575. The molecule has 5 heteroatoms. The molecule has 0 radical (unpaired) electrons. The fraction of sp³-hybridized carbons (Fsp3) is 0.400. The first-order valence-corrected chi connectivity index (χ1v) is 6.60. The SMILES string of the molecule is CCN1C(=O)CCC(C(=O)O)C1c1cccc(C#N)c1. The molecule has 1 aromatic carbocycles. The summed E-state index contributed by atoms with van der Waals surface area (Å²) in [5.41, 5.74) is 1.19. The van der Waals surface area contributed by atoms with Crippen LogP contribution in [-0.4, -0.2) is 28.4 Å². The molecule has 2 atom stereocenters. The van der Waals surface area contributed by atoms with E-state index in [2.05, 4.69) is 0 Å². The van der Waals surface area contributed by atoms with Crippen molar-refractivity contribution in [3.63, 3.8) is 0 Å². The lowest BCUT2D eigenvalue weighted by atomic mass is 9.84. The number of aliphatic carboxylic acids is 1. The Morgan fingerprint density at radius 3 is 2.90 bits per heavy atom. The molecule has 5 nitrogen and oxygen atoms in total. The first kappa shape index (κ1) is 14.1. The molecule has 1 aliphatic rings. The van der Waals surface area contributed by atoms with Crippen molar-refractivity contribution in [2.45, 2.75) is 25.8 Å². The van der Waals surface area contributed by atoms with Gasteiger partial charge in [0.05, 0.1) is 23.6 Å². The standard InChI is InChI=1S/C15H16N2O3/c1-2-17-13(18)7-6-12(15(19)20)14(17)11-5-3-4-10(8-11)9-16/h3-5,8,12,14H,2,6-7H2,1H3,(H,19,20). The quantitative estimate of drug-likeness (QED) is 0.911. The summed E-state index contributed by atoms with van der Waals surface area (Å²) >= 11 is 0. The van der Waals surface area contributed by atoms with Crippen molar-refractivity contribution in [1.29, 1.82) is 5.26 Å². The van der Waals surface area contributed by atoms with Crippen molar-refractivity contribution in [2.24, 2.45) is 5.92 Å². The van der Waals surface area contributed by atoms with E-state index >= 15 is 0 Å². The molecule has 1 fully saturated rings. The number of carboxylic acids is 1. The topological polar surface area (TPSA) is 81.4 Å². The summed E-state index contributed by atoms with van der Waals surface area (Å²) in [6.07, 6.45) is 0.603. The molecule has 0 spiro atoms. The van der Waals surface area contributed by atoms with Crippen LogP contribution in [0.5, 0.6) is 0 Å². The number of carbonyl (C=O) groups is 2. The van der Waals surface area contributed by atoms with Crippen LogP contribution in [-0.2, 0) is 9.59 Å². The highest BCUT2D eigenvalue weighted by Gasteiger charge is 2.39. The van der Waals surface area contributed by atoms with E-state index in [1.807, 2.05) is 13.0 Å². The molecule has 2 rings (SSSR count). The van der Waals surface area contributed by atoms with E-state index in [1.54, 1.807) is 29.2 Å². The van der Waals surface area contributed by atoms with Gasteiger partial charge < -0.3 is 10.0 Å². The molecule has 1 saturated heterocycles. The number of hydrogen-bond donors (Lipinski definition) is 1. The third-order valence-corrected chi connectivity index (χ3v) is 3.72. The maximum Gasteiger partial charge on any atom is 0.308 e. The van der Waals surface area contributed by atoms with Gasteiger partial charge >= 0.3 is 5.97 Å². The Morgan fingerprint density at radius 1 is 1.55 bits per heavy atom. The first-order valence-electron chi connectivity index (χ1n) is 6.60. The van der Waals surface area contributed by atoms with Crippen LogP contribution in [0.25, 0.3) is 0 Å². The molecule has 0 saturated carbocycles. The summed E-state index contributed by atoms with van der Waals surface area (Å²) < 4.78 is 0. The van der Waals surface area contributed by atoms with Crippen LogP contribution >= 0.6 is 0 Å². The van der Waals surface area contributed by atoms with E-state index in [9.17, 15) is 14.7 Å². The van der Waals surface area contributed by atoms with Gasteiger partial charge in [-0.05, 0) is 31.0 Å². The molecule has 104 valence electrons. The highest BCUT2D eigenvalue weighted by atomic mass is 16.4. The molecule has 1 amide bonds. The number of rotatable bonds is 3. The van der Waals surface area contributed by atoms with Crippen LogP contribution in [0.3, 0.4) is 0 Å². The Morgan fingerprint density at radius 2 is 2.30 bits per heavy atom. The van der Waals surface area contributed by atoms with Crippen LogP contribution in [0.1, 0.15) is 36.9 Å². The van der Waals surface area contributed by atoms with E-state index in [0.717, 1.165) is 0 Å². The van der Waals surface area contributed by atoms with Crippen molar-refractivity contribution in [2.75, 3.05) is 6.54 Å². The van der Waals surface area contributed by atoms with Gasteiger partial charge in [-0.3, -0.25) is 9.59 Å². The highest BCUT2D eigenvalue weighted by molar-refractivity contribution is 5.81. The fourth-order valence-electron chi connectivity index (χ4n) is 2.79. The maximum absolute atomic E-state index is 12.0. The van der Waals surface area contributed by atoms with Crippen molar-refractivity contribution in [3.05, 3.63) is 35.4 Å². The molecule has 0 bridgehead atoms. The third-order valence-electron chi connectivity index (χ3n) is 3.72. The van der Waals surface area contributed by atoms with Gasteiger partial charge in [-0.2, -0.15) is 5.26 Å². The van der Waals surface area contributed by atoms with E-state index in [1.165, 1.54) is 0 Å². The number of benzene rings is 1. The van der Waals surface area contributed by atoms with Gasteiger partial charge in [0.25, 0.3) is 0 Å². The smallest absolute Gasteiger partial charge is 0.308 e. The van der Waals surface area contributed by atoms with E-state index < -0.39 is 17.9 Å². The Labute approximate surface area is 117 Å². The molecular weight excluding hydrogens is 256 g/mol. The zero-order valence-corrected chi connectivity index (χ0v) is 11.2. The van der Waals surface area contributed by atoms with Crippen LogP contribution < -0.4 is 0 Å². The normalized spacial score (nSPS) is 22.4. The number of hydrogen-bond acceptors (Lipinski definition) is 3. The molecule has 1 N–H and O–H groups in total. The molecular formula is C15H16N2O3. The number of carbonyl (C=O) groups excluding carboxylic acids is 1. The summed E-state index contributed by atoms with van der Waals surface area (Å²) in [7, 11) is 0.